The van der Waals surface area contributed by atoms with E-state index < -0.39 is 0 Å². The first-order valence-electron chi connectivity index (χ1n) is 9.49. The van der Waals surface area contributed by atoms with Crippen LogP contribution in [0.3, 0.4) is 0 Å². The van der Waals surface area contributed by atoms with Gasteiger partial charge in [-0.25, -0.2) is 15.0 Å². The van der Waals surface area contributed by atoms with Crippen LogP contribution in [0, 0.1) is 6.92 Å². The molecule has 0 aliphatic rings. The summed E-state index contributed by atoms with van der Waals surface area (Å²) in [5.74, 6) is 2.59. The van der Waals surface area contributed by atoms with Gasteiger partial charge < -0.3 is 9.88 Å². The van der Waals surface area contributed by atoms with Gasteiger partial charge in [0, 0.05) is 42.8 Å². The van der Waals surface area contributed by atoms with Crippen molar-refractivity contribution in [1.82, 2.24) is 19.5 Å². The number of nitrogens with zero attached hydrogens (tertiary/aromatic N) is 4. The molecule has 3 aromatic heterocycles. The lowest BCUT2D eigenvalue weighted by Gasteiger charge is -2.14. The molecule has 0 fully saturated rings. The summed E-state index contributed by atoms with van der Waals surface area (Å²) in [5, 5.41) is 3.48. The number of imidazole rings is 1. The molecule has 1 N–H and O–H groups in total. The summed E-state index contributed by atoms with van der Waals surface area (Å²) < 4.78 is 2.78. The molecule has 29 heavy (non-hydrogen) atoms. The van der Waals surface area contributed by atoms with Gasteiger partial charge in [-0.1, -0.05) is 30.7 Å². The molecule has 4 rings (SSSR count). The third-order valence-corrected chi connectivity index (χ3v) is 6.09. The normalized spacial score (nSPS) is 11.0. The van der Waals surface area contributed by atoms with Gasteiger partial charge in [-0.05, 0) is 43.2 Å². The molecular formula is C22H22ClN5S. The smallest absolute Gasteiger partial charge is 0.171 e. The molecule has 0 aliphatic heterocycles. The molecule has 5 nitrogen and oxygen atoms in total. The van der Waals surface area contributed by atoms with E-state index in [-0.39, 0.29) is 0 Å². The summed E-state index contributed by atoms with van der Waals surface area (Å²) in [4.78, 5) is 14.8. The van der Waals surface area contributed by atoms with E-state index in [1.165, 1.54) is 16.9 Å². The highest BCUT2D eigenvalue weighted by Gasteiger charge is 2.13. The highest BCUT2D eigenvalue weighted by Crippen LogP contribution is 2.31. The number of thiophene rings is 1. The number of anilines is 2. The lowest BCUT2D eigenvalue weighted by atomic mass is 10.1. The molecule has 0 aliphatic carbocycles. The number of aryl methyl sites for hydroxylation is 2. The molecule has 0 bridgehead atoms. The molecule has 7 heteroatoms. The molecule has 0 atom stereocenters. The summed E-state index contributed by atoms with van der Waals surface area (Å²) >= 11 is 7.58. The maximum absolute atomic E-state index is 6.09. The van der Waals surface area contributed by atoms with Crippen molar-refractivity contribution in [3.05, 3.63) is 75.8 Å². The van der Waals surface area contributed by atoms with E-state index in [0.29, 0.717) is 5.82 Å². The van der Waals surface area contributed by atoms with Crippen molar-refractivity contribution < 1.29 is 0 Å². The fraction of sp³-hybridized carbons (Fsp3) is 0.227. The Bertz CT molecular complexity index is 1130. The maximum Gasteiger partial charge on any atom is 0.171 e. The van der Waals surface area contributed by atoms with Gasteiger partial charge in [-0.3, -0.25) is 0 Å². The lowest BCUT2D eigenvalue weighted by Crippen LogP contribution is -2.05. The second-order valence-electron chi connectivity index (χ2n) is 6.87. The maximum atomic E-state index is 6.09. The van der Waals surface area contributed by atoms with Crippen LogP contribution in [0.1, 0.15) is 29.6 Å². The standard InChI is InChI=1S/C22H22ClN5S/c1-4-17-14(2)25-22(18-9-10-19(23)29-18)27-21(17)26-16-7-5-15(6-8-16)13-20-24-11-12-28(20)3/h5-12H,4,13H2,1-3H3,(H,25,26,27). The lowest BCUT2D eigenvalue weighted by molar-refractivity contribution is 0.822. The average Bonchev–Trinajstić information content (AvgIpc) is 3.31. The van der Waals surface area contributed by atoms with Gasteiger partial charge in [-0.15, -0.1) is 11.3 Å². The van der Waals surface area contributed by atoms with Crippen LogP contribution in [-0.4, -0.2) is 19.5 Å². The van der Waals surface area contributed by atoms with Gasteiger partial charge in [0.1, 0.15) is 11.6 Å². The van der Waals surface area contributed by atoms with Gasteiger partial charge in [0.15, 0.2) is 5.82 Å². The summed E-state index contributed by atoms with van der Waals surface area (Å²) in [5.41, 5.74) is 4.31. The van der Waals surface area contributed by atoms with E-state index in [2.05, 4.69) is 46.5 Å². The minimum absolute atomic E-state index is 0.700. The molecule has 1 aromatic carbocycles. The first-order chi connectivity index (χ1) is 14.0. The summed E-state index contributed by atoms with van der Waals surface area (Å²) in [7, 11) is 2.01. The van der Waals surface area contributed by atoms with E-state index in [1.807, 2.05) is 43.1 Å². The monoisotopic (exact) mass is 423 g/mol. The number of benzene rings is 1. The van der Waals surface area contributed by atoms with Crippen molar-refractivity contribution in [1.29, 1.82) is 0 Å². The van der Waals surface area contributed by atoms with E-state index in [9.17, 15) is 0 Å². The molecular weight excluding hydrogens is 402 g/mol. The molecule has 0 radical (unpaired) electrons. The highest BCUT2D eigenvalue weighted by atomic mass is 35.5. The predicted octanol–water partition coefficient (Wildman–Crippen LogP) is 5.80. The van der Waals surface area contributed by atoms with Crippen LogP contribution in [0.15, 0.2) is 48.8 Å². The highest BCUT2D eigenvalue weighted by molar-refractivity contribution is 7.19. The van der Waals surface area contributed by atoms with Gasteiger partial charge >= 0.3 is 0 Å². The fourth-order valence-electron chi connectivity index (χ4n) is 3.26. The zero-order chi connectivity index (χ0) is 20.4. The van der Waals surface area contributed by atoms with Gasteiger partial charge in [0.25, 0.3) is 0 Å². The summed E-state index contributed by atoms with van der Waals surface area (Å²) in [6.07, 6.45) is 5.46. The largest absolute Gasteiger partial charge is 0.340 e. The van der Waals surface area contributed by atoms with Crippen molar-refractivity contribution in [2.24, 2.45) is 7.05 Å². The van der Waals surface area contributed by atoms with Gasteiger partial charge in [0.05, 0.1) is 9.21 Å². The number of hydrogen-bond acceptors (Lipinski definition) is 5. The van der Waals surface area contributed by atoms with Gasteiger partial charge in [0.2, 0.25) is 0 Å². The Labute approximate surface area is 179 Å². The zero-order valence-electron chi connectivity index (χ0n) is 16.6. The van der Waals surface area contributed by atoms with E-state index >= 15 is 0 Å². The van der Waals surface area contributed by atoms with E-state index in [1.54, 1.807) is 0 Å². The molecule has 0 unspecified atom stereocenters. The van der Waals surface area contributed by atoms with Crippen LogP contribution in [0.5, 0.6) is 0 Å². The second-order valence-corrected chi connectivity index (χ2v) is 8.59. The number of aromatic nitrogens is 4. The molecule has 0 saturated heterocycles. The van der Waals surface area contributed by atoms with Crippen LogP contribution in [-0.2, 0) is 19.9 Å². The SMILES string of the molecule is CCc1c(C)nc(-c2ccc(Cl)s2)nc1Nc1ccc(Cc2nccn2C)cc1. The van der Waals surface area contributed by atoms with Gasteiger partial charge in [-0.2, -0.15) is 0 Å². The molecule has 148 valence electrons. The van der Waals surface area contributed by atoms with Crippen LogP contribution in [0.25, 0.3) is 10.7 Å². The second kappa shape index (κ2) is 8.35. The van der Waals surface area contributed by atoms with Crippen molar-refractivity contribution in [3.63, 3.8) is 0 Å². The van der Waals surface area contributed by atoms with Crippen LogP contribution >= 0.6 is 22.9 Å². The Morgan fingerprint density at radius 1 is 1.10 bits per heavy atom. The number of halogens is 1. The number of rotatable bonds is 6. The van der Waals surface area contributed by atoms with Crippen LogP contribution < -0.4 is 5.32 Å². The molecule has 0 spiro atoms. The zero-order valence-corrected chi connectivity index (χ0v) is 18.2. The van der Waals surface area contributed by atoms with E-state index in [0.717, 1.165) is 50.6 Å². The van der Waals surface area contributed by atoms with Crippen molar-refractivity contribution in [2.75, 3.05) is 5.32 Å². The third-order valence-electron chi connectivity index (χ3n) is 4.86. The minimum Gasteiger partial charge on any atom is -0.340 e. The predicted molar refractivity (Wildman–Crippen MR) is 120 cm³/mol. The van der Waals surface area contributed by atoms with Crippen molar-refractivity contribution >= 4 is 34.4 Å². The topological polar surface area (TPSA) is 55.6 Å². The number of nitrogens with one attached hydrogen (secondary N) is 1. The molecule has 0 amide bonds. The van der Waals surface area contributed by atoms with E-state index in [4.69, 9.17) is 16.6 Å². The van der Waals surface area contributed by atoms with Crippen molar-refractivity contribution in [2.45, 2.75) is 26.7 Å². The molecule has 4 aromatic rings. The molecule has 0 saturated carbocycles. The fourth-order valence-corrected chi connectivity index (χ4v) is 4.24. The summed E-state index contributed by atoms with van der Waals surface area (Å²) in [6.45, 7) is 4.15. The Hall–Kier alpha value is -2.70. The Morgan fingerprint density at radius 2 is 1.90 bits per heavy atom. The number of hydrogen-bond donors (Lipinski definition) is 1. The quantitative estimate of drug-likeness (QED) is 0.426. The molecule has 3 heterocycles. The average molecular weight is 424 g/mol. The summed E-state index contributed by atoms with van der Waals surface area (Å²) in [6, 6.07) is 12.2. The first kappa shape index (κ1) is 19.6. The van der Waals surface area contributed by atoms with Crippen molar-refractivity contribution in [3.8, 4) is 10.7 Å². The Balaban J connectivity index is 1.59. The van der Waals surface area contributed by atoms with Crippen LogP contribution in [0.4, 0.5) is 11.5 Å². The Kier molecular flexibility index (Phi) is 5.65. The minimum atomic E-state index is 0.700. The first-order valence-corrected chi connectivity index (χ1v) is 10.7. The Morgan fingerprint density at radius 3 is 2.52 bits per heavy atom. The van der Waals surface area contributed by atoms with Crippen LogP contribution in [0.2, 0.25) is 4.34 Å². The third kappa shape index (κ3) is 4.33.